The lowest BCUT2D eigenvalue weighted by atomic mass is 10.3. The first-order valence-corrected chi connectivity index (χ1v) is 11.3. The summed E-state index contributed by atoms with van der Waals surface area (Å²) in [6.45, 7) is 8.86. The molecular weight excluding hydrogens is 501 g/mol. The van der Waals surface area contributed by atoms with Gasteiger partial charge in [-0.2, -0.15) is 4.31 Å². The highest BCUT2D eigenvalue weighted by atomic mass is 127. The standard InChI is InChI=1S/C16H29N5O3S2.HI/c1-13(2)24-9-10-26(22,23)21-7-5-20(6-8-21)16(17-4)18-11-15-14(3)19-12-25-15;/h12-13H,5-11H2,1-4H3,(H,17,18);1H. The molecule has 1 aliphatic heterocycles. The highest BCUT2D eigenvalue weighted by Crippen LogP contribution is 2.12. The molecule has 2 rings (SSSR count). The smallest absolute Gasteiger partial charge is 0.216 e. The Labute approximate surface area is 183 Å². The molecule has 11 heteroatoms. The fraction of sp³-hybridized carbons (Fsp3) is 0.750. The summed E-state index contributed by atoms with van der Waals surface area (Å²) in [6.07, 6.45) is 0.0404. The number of guanidine groups is 1. The van der Waals surface area contributed by atoms with Gasteiger partial charge < -0.3 is 15.0 Å². The highest BCUT2D eigenvalue weighted by molar-refractivity contribution is 14.0. The van der Waals surface area contributed by atoms with Crippen LogP contribution < -0.4 is 5.32 Å². The Kier molecular flexibility index (Phi) is 10.4. The summed E-state index contributed by atoms with van der Waals surface area (Å²) in [4.78, 5) is 11.8. The van der Waals surface area contributed by atoms with Crippen molar-refractivity contribution >= 4 is 51.3 Å². The highest BCUT2D eigenvalue weighted by Gasteiger charge is 2.28. The number of nitrogens with one attached hydrogen (secondary N) is 1. The molecule has 27 heavy (non-hydrogen) atoms. The number of nitrogens with zero attached hydrogens (tertiary/aromatic N) is 4. The van der Waals surface area contributed by atoms with Crippen LogP contribution in [0.25, 0.3) is 0 Å². The van der Waals surface area contributed by atoms with Crippen molar-refractivity contribution in [2.24, 2.45) is 4.99 Å². The lowest BCUT2D eigenvalue weighted by Crippen LogP contribution is -2.54. The molecule has 1 N–H and O–H groups in total. The van der Waals surface area contributed by atoms with E-state index in [1.807, 2.05) is 26.3 Å². The molecule has 0 bridgehead atoms. The Bertz CT molecular complexity index is 701. The SMILES string of the molecule is CN=C(NCc1scnc1C)N1CCN(S(=O)(=O)CCOC(C)C)CC1.I. The number of halogens is 1. The number of rotatable bonds is 7. The zero-order valence-corrected chi connectivity index (χ0v) is 20.3. The van der Waals surface area contributed by atoms with Gasteiger partial charge in [-0.05, 0) is 20.8 Å². The van der Waals surface area contributed by atoms with E-state index in [1.165, 1.54) is 4.88 Å². The first-order valence-electron chi connectivity index (χ1n) is 8.77. The molecule has 2 heterocycles. The van der Waals surface area contributed by atoms with E-state index >= 15 is 0 Å². The lowest BCUT2D eigenvalue weighted by Gasteiger charge is -2.35. The van der Waals surface area contributed by atoms with Gasteiger partial charge in [-0.1, -0.05) is 0 Å². The van der Waals surface area contributed by atoms with E-state index < -0.39 is 10.0 Å². The third-order valence-corrected chi connectivity index (χ3v) is 6.96. The number of aromatic nitrogens is 1. The zero-order chi connectivity index (χ0) is 19.2. The largest absolute Gasteiger partial charge is 0.378 e. The monoisotopic (exact) mass is 531 g/mol. The quantitative estimate of drug-likeness (QED) is 0.326. The van der Waals surface area contributed by atoms with E-state index in [4.69, 9.17) is 4.74 Å². The van der Waals surface area contributed by atoms with E-state index in [2.05, 4.69) is 20.2 Å². The Morgan fingerprint density at radius 3 is 2.56 bits per heavy atom. The molecule has 0 radical (unpaired) electrons. The molecule has 1 aromatic heterocycles. The molecule has 8 nitrogen and oxygen atoms in total. The molecule has 1 fully saturated rings. The Balaban J connectivity index is 0.00000364. The summed E-state index contributed by atoms with van der Waals surface area (Å²) in [5.74, 6) is 0.820. The minimum atomic E-state index is -3.27. The predicted octanol–water partition coefficient (Wildman–Crippen LogP) is 1.52. The average Bonchev–Trinajstić information content (AvgIpc) is 3.00. The van der Waals surface area contributed by atoms with Crippen molar-refractivity contribution < 1.29 is 13.2 Å². The van der Waals surface area contributed by atoms with E-state index in [1.54, 1.807) is 22.7 Å². The Morgan fingerprint density at radius 1 is 1.37 bits per heavy atom. The van der Waals surface area contributed by atoms with Crippen LogP contribution in [0.1, 0.15) is 24.4 Å². The van der Waals surface area contributed by atoms with Gasteiger partial charge >= 0.3 is 0 Å². The van der Waals surface area contributed by atoms with Crippen LogP contribution in [0.3, 0.4) is 0 Å². The number of hydrogen-bond acceptors (Lipinski definition) is 6. The summed E-state index contributed by atoms with van der Waals surface area (Å²) in [5, 5.41) is 3.34. The van der Waals surface area contributed by atoms with Crippen LogP contribution in [0.5, 0.6) is 0 Å². The predicted molar refractivity (Wildman–Crippen MR) is 120 cm³/mol. The second-order valence-corrected chi connectivity index (χ2v) is 9.41. The van der Waals surface area contributed by atoms with E-state index in [9.17, 15) is 8.42 Å². The van der Waals surface area contributed by atoms with Crippen LogP contribution in [0.15, 0.2) is 10.5 Å². The first kappa shape index (κ1) is 24.5. The van der Waals surface area contributed by atoms with Crippen molar-refractivity contribution in [3.63, 3.8) is 0 Å². The molecule has 1 saturated heterocycles. The average molecular weight is 531 g/mol. The van der Waals surface area contributed by atoms with E-state index in [0.29, 0.717) is 32.7 Å². The minimum Gasteiger partial charge on any atom is -0.378 e. The summed E-state index contributed by atoms with van der Waals surface area (Å²) < 4.78 is 31.7. The van der Waals surface area contributed by atoms with Gasteiger partial charge in [0.1, 0.15) is 0 Å². The number of hydrogen-bond donors (Lipinski definition) is 1. The third kappa shape index (κ3) is 7.44. The molecule has 1 aliphatic rings. The van der Waals surface area contributed by atoms with Crippen LogP contribution in [-0.2, 0) is 21.3 Å². The number of thiazole rings is 1. The van der Waals surface area contributed by atoms with Crippen molar-refractivity contribution in [3.8, 4) is 0 Å². The fourth-order valence-corrected chi connectivity index (χ4v) is 4.69. The molecule has 0 atom stereocenters. The fourth-order valence-electron chi connectivity index (χ4n) is 2.68. The van der Waals surface area contributed by atoms with Crippen LogP contribution in [-0.4, -0.2) is 80.3 Å². The van der Waals surface area contributed by atoms with Crippen molar-refractivity contribution in [1.82, 2.24) is 19.5 Å². The second-order valence-electron chi connectivity index (χ2n) is 6.38. The maximum atomic E-state index is 12.4. The molecule has 0 spiro atoms. The molecule has 0 amide bonds. The maximum absolute atomic E-state index is 12.4. The molecular formula is C16H30IN5O3S2. The topological polar surface area (TPSA) is 87.1 Å². The minimum absolute atomic E-state index is 0. The number of piperazine rings is 1. The van der Waals surface area contributed by atoms with Gasteiger partial charge in [-0.3, -0.25) is 4.99 Å². The van der Waals surface area contributed by atoms with Crippen LogP contribution in [0.4, 0.5) is 0 Å². The van der Waals surface area contributed by atoms with Crippen molar-refractivity contribution in [2.75, 3.05) is 45.6 Å². The maximum Gasteiger partial charge on any atom is 0.216 e. The molecule has 0 aliphatic carbocycles. The Hall–Kier alpha value is -0.500. The van der Waals surface area contributed by atoms with Gasteiger partial charge in [-0.25, -0.2) is 13.4 Å². The molecule has 0 aromatic carbocycles. The van der Waals surface area contributed by atoms with E-state index in [0.717, 1.165) is 11.7 Å². The van der Waals surface area contributed by atoms with Gasteiger partial charge in [0.2, 0.25) is 10.0 Å². The summed E-state index contributed by atoms with van der Waals surface area (Å²) in [7, 11) is -1.53. The number of aliphatic imine (C=N–C) groups is 1. The van der Waals surface area contributed by atoms with Crippen LogP contribution in [0.2, 0.25) is 0 Å². The number of aryl methyl sites for hydroxylation is 1. The lowest BCUT2D eigenvalue weighted by molar-refractivity contribution is 0.0904. The van der Waals surface area contributed by atoms with Gasteiger partial charge in [0, 0.05) is 38.1 Å². The van der Waals surface area contributed by atoms with Gasteiger partial charge in [0.05, 0.1) is 36.2 Å². The van der Waals surface area contributed by atoms with Crippen molar-refractivity contribution in [3.05, 3.63) is 16.1 Å². The summed E-state index contributed by atoms with van der Waals surface area (Å²) in [5.41, 5.74) is 2.86. The molecule has 0 saturated carbocycles. The van der Waals surface area contributed by atoms with Crippen molar-refractivity contribution in [1.29, 1.82) is 0 Å². The number of ether oxygens (including phenoxy) is 1. The number of sulfonamides is 1. The molecule has 156 valence electrons. The summed E-state index contributed by atoms with van der Waals surface area (Å²) in [6, 6.07) is 0. The van der Waals surface area contributed by atoms with Gasteiger partial charge in [0.25, 0.3) is 0 Å². The van der Waals surface area contributed by atoms with Crippen LogP contribution >= 0.6 is 35.3 Å². The first-order chi connectivity index (χ1) is 12.3. The Morgan fingerprint density at radius 2 is 2.04 bits per heavy atom. The molecule has 1 aromatic rings. The van der Waals surface area contributed by atoms with Gasteiger partial charge in [0.15, 0.2) is 5.96 Å². The van der Waals surface area contributed by atoms with Crippen molar-refractivity contribution in [2.45, 2.75) is 33.4 Å². The summed E-state index contributed by atoms with van der Waals surface area (Å²) >= 11 is 1.62. The van der Waals surface area contributed by atoms with Crippen LogP contribution in [0, 0.1) is 6.92 Å². The third-order valence-electron chi connectivity index (χ3n) is 4.19. The molecule has 0 unspecified atom stereocenters. The van der Waals surface area contributed by atoms with E-state index in [-0.39, 0.29) is 42.4 Å². The second kappa shape index (κ2) is 11.5. The normalized spacial score (nSPS) is 16.5. The zero-order valence-electron chi connectivity index (χ0n) is 16.3. The van der Waals surface area contributed by atoms with Gasteiger partial charge in [-0.15, -0.1) is 35.3 Å².